The molecule has 0 radical (unpaired) electrons. The van der Waals surface area contributed by atoms with Crippen LogP contribution in [0.5, 0.6) is 0 Å². The van der Waals surface area contributed by atoms with E-state index < -0.39 is 25.8 Å². The average Bonchev–Trinajstić information content (AvgIpc) is 2.37. The molecule has 0 saturated carbocycles. The zero-order valence-electron chi connectivity index (χ0n) is 11.4. The van der Waals surface area contributed by atoms with Gasteiger partial charge in [-0.05, 0) is 24.6 Å². The maximum Gasteiger partial charge on any atom is 0.262 e. The molecular formula is C12H15Cl2NO4S2. The number of carbonyl (C=O) groups is 1. The molecule has 0 aliphatic heterocycles. The van der Waals surface area contributed by atoms with Crippen molar-refractivity contribution in [1.82, 2.24) is 5.32 Å². The molecule has 21 heavy (non-hydrogen) atoms. The largest absolute Gasteiger partial charge is 0.352 e. The Bertz CT molecular complexity index is 661. The lowest BCUT2D eigenvalue weighted by Crippen LogP contribution is -2.27. The first-order valence-corrected chi connectivity index (χ1v) is 10.3. The van der Waals surface area contributed by atoms with E-state index >= 15 is 0 Å². The summed E-state index contributed by atoms with van der Waals surface area (Å²) in [5, 5.41) is 2.55. The molecule has 2 unspecified atom stereocenters. The second-order valence-corrected chi connectivity index (χ2v) is 9.18. The molecule has 0 aliphatic carbocycles. The Labute approximate surface area is 135 Å². The lowest BCUT2D eigenvalue weighted by atomic mass is 10.2. The molecule has 0 bridgehead atoms. The van der Waals surface area contributed by atoms with Gasteiger partial charge in [-0.3, -0.25) is 9.00 Å². The molecule has 1 aromatic rings. The van der Waals surface area contributed by atoms with Gasteiger partial charge >= 0.3 is 0 Å². The first kappa shape index (κ1) is 18.4. The molecule has 9 heteroatoms. The van der Waals surface area contributed by atoms with Gasteiger partial charge in [-0.25, -0.2) is 8.42 Å². The summed E-state index contributed by atoms with van der Waals surface area (Å²) >= 11 is 5.74. The van der Waals surface area contributed by atoms with Gasteiger partial charge in [-0.1, -0.05) is 18.5 Å². The fourth-order valence-electron chi connectivity index (χ4n) is 1.49. The summed E-state index contributed by atoms with van der Waals surface area (Å²) in [6.45, 7) is 2.16. The summed E-state index contributed by atoms with van der Waals surface area (Å²) in [6.07, 6.45) is 2.16. The van der Waals surface area contributed by atoms with Gasteiger partial charge in [0, 0.05) is 45.1 Å². The highest BCUT2D eigenvalue weighted by Crippen LogP contribution is 2.25. The summed E-state index contributed by atoms with van der Waals surface area (Å²) in [6, 6.07) is 3.83. The average molecular weight is 372 g/mol. The minimum Gasteiger partial charge on any atom is -0.352 e. The fourth-order valence-corrected chi connectivity index (χ4v) is 3.43. The van der Waals surface area contributed by atoms with Crippen molar-refractivity contribution in [2.75, 3.05) is 12.8 Å². The number of halogens is 2. The van der Waals surface area contributed by atoms with E-state index in [9.17, 15) is 17.4 Å². The quantitative estimate of drug-likeness (QED) is 0.776. The van der Waals surface area contributed by atoms with E-state index in [-0.39, 0.29) is 20.7 Å². The van der Waals surface area contributed by atoms with Gasteiger partial charge in [0.15, 0.2) is 0 Å². The second-order valence-electron chi connectivity index (χ2n) is 4.44. The van der Waals surface area contributed by atoms with Crippen LogP contribution >= 0.6 is 22.3 Å². The standard InChI is InChI=1S/C12H15Cl2NO4S2/c1-8(20(2)17)5-6-15-12(16)9-3-4-10(13)11(7-9)21(14,18)19/h3-4,7-8H,5-6H2,1-2H3,(H,15,16). The van der Waals surface area contributed by atoms with Crippen LogP contribution in [0.2, 0.25) is 5.02 Å². The van der Waals surface area contributed by atoms with Crippen molar-refractivity contribution in [1.29, 1.82) is 0 Å². The Balaban J connectivity index is 2.78. The number of nitrogens with one attached hydrogen (secondary N) is 1. The van der Waals surface area contributed by atoms with Crippen LogP contribution in [0.15, 0.2) is 23.1 Å². The summed E-state index contributed by atoms with van der Waals surface area (Å²) in [5.41, 5.74) is 0.142. The molecule has 0 spiro atoms. The second kappa shape index (κ2) is 7.58. The Morgan fingerprint density at radius 3 is 2.57 bits per heavy atom. The number of carbonyl (C=O) groups excluding carboxylic acids is 1. The molecule has 0 fully saturated rings. The number of rotatable bonds is 6. The van der Waals surface area contributed by atoms with E-state index in [0.29, 0.717) is 13.0 Å². The van der Waals surface area contributed by atoms with E-state index in [0.717, 1.165) is 6.07 Å². The molecule has 0 saturated heterocycles. The Morgan fingerprint density at radius 1 is 1.43 bits per heavy atom. The van der Waals surface area contributed by atoms with Crippen molar-refractivity contribution in [3.05, 3.63) is 28.8 Å². The van der Waals surface area contributed by atoms with Crippen LogP contribution < -0.4 is 5.32 Å². The highest BCUT2D eigenvalue weighted by Gasteiger charge is 2.17. The fraction of sp³-hybridized carbons (Fsp3) is 0.417. The van der Waals surface area contributed by atoms with E-state index in [2.05, 4.69) is 5.32 Å². The predicted octanol–water partition coefficient (Wildman–Crippen LogP) is 2.15. The number of amides is 1. The van der Waals surface area contributed by atoms with E-state index in [1.807, 2.05) is 6.92 Å². The highest BCUT2D eigenvalue weighted by molar-refractivity contribution is 8.13. The van der Waals surface area contributed by atoms with Crippen molar-refractivity contribution >= 4 is 48.0 Å². The summed E-state index contributed by atoms with van der Waals surface area (Å²) in [5.74, 6) is -0.442. The van der Waals surface area contributed by atoms with E-state index in [1.165, 1.54) is 12.1 Å². The first-order valence-electron chi connectivity index (χ1n) is 5.97. The molecular weight excluding hydrogens is 357 g/mol. The zero-order valence-corrected chi connectivity index (χ0v) is 14.6. The third-order valence-electron chi connectivity index (χ3n) is 2.86. The van der Waals surface area contributed by atoms with Gasteiger partial charge in [0.25, 0.3) is 15.0 Å². The smallest absolute Gasteiger partial charge is 0.262 e. The van der Waals surface area contributed by atoms with Gasteiger partial charge < -0.3 is 5.32 Å². The minimum absolute atomic E-state index is 0.0331. The Morgan fingerprint density at radius 2 is 2.05 bits per heavy atom. The minimum atomic E-state index is -4.01. The topological polar surface area (TPSA) is 80.3 Å². The van der Waals surface area contributed by atoms with Crippen LogP contribution in [0.4, 0.5) is 0 Å². The Hall–Kier alpha value is -0.630. The Kier molecular flexibility index (Phi) is 6.65. The number of hydrogen-bond acceptors (Lipinski definition) is 4. The van der Waals surface area contributed by atoms with E-state index in [4.69, 9.17) is 22.3 Å². The van der Waals surface area contributed by atoms with Crippen molar-refractivity contribution in [2.24, 2.45) is 0 Å². The first-order chi connectivity index (χ1) is 9.62. The van der Waals surface area contributed by atoms with Crippen LogP contribution in [0, 0.1) is 0 Å². The molecule has 1 rings (SSSR count). The molecule has 1 aromatic carbocycles. The van der Waals surface area contributed by atoms with Crippen molar-refractivity contribution in [3.8, 4) is 0 Å². The van der Waals surface area contributed by atoms with Crippen LogP contribution in [0.3, 0.4) is 0 Å². The molecule has 118 valence electrons. The lowest BCUT2D eigenvalue weighted by Gasteiger charge is -2.10. The summed E-state index contributed by atoms with van der Waals surface area (Å²) in [4.78, 5) is 11.6. The monoisotopic (exact) mass is 371 g/mol. The number of hydrogen-bond donors (Lipinski definition) is 1. The molecule has 2 atom stereocenters. The van der Waals surface area contributed by atoms with Gasteiger partial charge in [-0.2, -0.15) is 0 Å². The van der Waals surface area contributed by atoms with Crippen LogP contribution in [-0.2, 0) is 19.9 Å². The maximum absolute atomic E-state index is 11.9. The zero-order chi connectivity index (χ0) is 16.2. The molecule has 1 N–H and O–H groups in total. The summed E-state index contributed by atoms with van der Waals surface area (Å²) < 4.78 is 33.8. The molecule has 0 heterocycles. The SMILES string of the molecule is CC(CCNC(=O)c1ccc(Cl)c(S(=O)(=O)Cl)c1)S(C)=O. The van der Waals surface area contributed by atoms with Crippen molar-refractivity contribution in [3.63, 3.8) is 0 Å². The summed E-state index contributed by atoms with van der Waals surface area (Å²) in [7, 11) is 0.275. The van der Waals surface area contributed by atoms with Gasteiger partial charge in [-0.15, -0.1) is 0 Å². The third-order valence-corrected chi connectivity index (χ3v) is 6.03. The molecule has 5 nitrogen and oxygen atoms in total. The molecule has 0 aromatic heterocycles. The third kappa shape index (κ3) is 5.58. The van der Waals surface area contributed by atoms with E-state index in [1.54, 1.807) is 6.26 Å². The lowest BCUT2D eigenvalue weighted by molar-refractivity contribution is 0.0953. The maximum atomic E-state index is 11.9. The predicted molar refractivity (Wildman–Crippen MR) is 85.0 cm³/mol. The van der Waals surface area contributed by atoms with Gasteiger partial charge in [0.05, 0.1) is 5.02 Å². The van der Waals surface area contributed by atoms with Crippen LogP contribution in [0.25, 0.3) is 0 Å². The molecule has 0 aliphatic rings. The number of benzene rings is 1. The van der Waals surface area contributed by atoms with Gasteiger partial charge in [0.1, 0.15) is 4.90 Å². The van der Waals surface area contributed by atoms with Crippen molar-refractivity contribution < 1.29 is 17.4 Å². The van der Waals surface area contributed by atoms with Crippen molar-refractivity contribution in [2.45, 2.75) is 23.5 Å². The van der Waals surface area contributed by atoms with Crippen LogP contribution in [0.1, 0.15) is 23.7 Å². The molecule has 1 amide bonds. The van der Waals surface area contributed by atoms with Crippen LogP contribution in [-0.4, -0.2) is 36.6 Å². The van der Waals surface area contributed by atoms with Gasteiger partial charge in [0.2, 0.25) is 0 Å². The normalized spacial score (nSPS) is 14.5. The highest BCUT2D eigenvalue weighted by atomic mass is 35.7.